The Kier molecular flexibility index (Phi) is 6.23. The van der Waals surface area contributed by atoms with Gasteiger partial charge in [-0.3, -0.25) is 14.3 Å². The lowest BCUT2D eigenvalue weighted by molar-refractivity contribution is 0.132. The zero-order valence-electron chi connectivity index (χ0n) is 15.6. The highest BCUT2D eigenvalue weighted by Gasteiger charge is 2.28. The minimum Gasteiger partial charge on any atom is -0.312 e. The van der Waals surface area contributed by atoms with E-state index in [-0.39, 0.29) is 11.6 Å². The number of hydrogen-bond donors (Lipinski definition) is 1. The molecular formula is C19H26Cl2N4O. The molecule has 2 heterocycles. The van der Waals surface area contributed by atoms with Gasteiger partial charge in [-0.1, -0.05) is 36.5 Å². The van der Waals surface area contributed by atoms with E-state index in [2.05, 4.69) is 24.1 Å². The van der Waals surface area contributed by atoms with Gasteiger partial charge in [-0.25, -0.2) is 4.98 Å². The van der Waals surface area contributed by atoms with Crippen LogP contribution >= 0.6 is 23.2 Å². The number of fused-ring (bicyclic) bond motifs is 1. The maximum absolute atomic E-state index is 13.1. The average Bonchev–Trinajstić information content (AvgIpc) is 2.61. The van der Waals surface area contributed by atoms with Crippen LogP contribution in [0.25, 0.3) is 10.9 Å². The predicted octanol–water partition coefficient (Wildman–Crippen LogP) is 3.86. The molecule has 1 N–H and O–H groups in total. The van der Waals surface area contributed by atoms with Crippen LogP contribution in [0.2, 0.25) is 10.0 Å². The summed E-state index contributed by atoms with van der Waals surface area (Å²) in [6.07, 6.45) is 1.99. The number of nitrogens with zero attached hydrogens (tertiary/aromatic N) is 3. The largest absolute Gasteiger partial charge is 0.312 e. The van der Waals surface area contributed by atoms with E-state index in [1.54, 1.807) is 16.7 Å². The monoisotopic (exact) mass is 396 g/mol. The van der Waals surface area contributed by atoms with Crippen LogP contribution < -0.4 is 10.9 Å². The highest BCUT2D eigenvalue weighted by molar-refractivity contribution is 6.42. The van der Waals surface area contributed by atoms with Crippen molar-refractivity contribution < 1.29 is 0 Å². The first kappa shape index (κ1) is 19.6. The fraction of sp³-hybridized carbons (Fsp3) is 0.579. The summed E-state index contributed by atoms with van der Waals surface area (Å²) < 4.78 is 1.79. The van der Waals surface area contributed by atoms with E-state index in [0.717, 1.165) is 38.3 Å². The number of nitrogens with one attached hydrogen (secondary N) is 1. The van der Waals surface area contributed by atoms with Gasteiger partial charge in [0.1, 0.15) is 5.82 Å². The smallest absolute Gasteiger partial charge is 0.261 e. The van der Waals surface area contributed by atoms with E-state index in [9.17, 15) is 4.79 Å². The molecule has 1 aromatic carbocycles. The summed E-state index contributed by atoms with van der Waals surface area (Å²) in [4.78, 5) is 20.4. The van der Waals surface area contributed by atoms with Crippen molar-refractivity contribution in [3.05, 3.63) is 38.4 Å². The highest BCUT2D eigenvalue weighted by atomic mass is 35.5. The molecule has 1 aliphatic rings. The third-order valence-corrected chi connectivity index (χ3v) is 5.77. The van der Waals surface area contributed by atoms with Crippen LogP contribution in [0.3, 0.4) is 0 Å². The van der Waals surface area contributed by atoms with Crippen molar-refractivity contribution in [2.75, 3.05) is 19.6 Å². The van der Waals surface area contributed by atoms with Crippen LogP contribution in [0.4, 0.5) is 0 Å². The topological polar surface area (TPSA) is 50.2 Å². The summed E-state index contributed by atoms with van der Waals surface area (Å²) >= 11 is 12.3. The summed E-state index contributed by atoms with van der Waals surface area (Å²) in [5, 5.41) is 4.81. The van der Waals surface area contributed by atoms with Crippen molar-refractivity contribution >= 4 is 34.1 Å². The second-order valence-corrected chi connectivity index (χ2v) is 7.77. The molecule has 142 valence electrons. The molecule has 0 spiro atoms. The third kappa shape index (κ3) is 3.77. The summed E-state index contributed by atoms with van der Waals surface area (Å²) in [7, 11) is 0. The molecule has 0 unspecified atom stereocenters. The van der Waals surface area contributed by atoms with Crippen LogP contribution in [0.15, 0.2) is 16.9 Å². The van der Waals surface area contributed by atoms with Crippen LogP contribution in [0.1, 0.15) is 45.5 Å². The standard InChI is InChI=1S/C19H26Cl2N4O/c1-4-6-17(24-8-7-22-12(3)11-24)18-23-16-10-15(21)14(20)9-13(16)19(26)25(18)5-2/h9-10,12,17,22H,4-8,11H2,1-3H3/t12-,17-/m0/s1. The molecule has 0 radical (unpaired) electrons. The van der Waals surface area contributed by atoms with E-state index >= 15 is 0 Å². The van der Waals surface area contributed by atoms with Gasteiger partial charge in [-0.15, -0.1) is 0 Å². The van der Waals surface area contributed by atoms with E-state index in [1.807, 2.05) is 6.92 Å². The van der Waals surface area contributed by atoms with Crippen LogP contribution in [0, 0.1) is 0 Å². The summed E-state index contributed by atoms with van der Waals surface area (Å²) in [5.74, 6) is 0.833. The second kappa shape index (κ2) is 8.26. The zero-order chi connectivity index (χ0) is 18.8. The van der Waals surface area contributed by atoms with Crippen LogP contribution in [-0.2, 0) is 6.54 Å². The number of hydrogen-bond acceptors (Lipinski definition) is 4. The van der Waals surface area contributed by atoms with Gasteiger partial charge in [0.25, 0.3) is 5.56 Å². The van der Waals surface area contributed by atoms with E-state index in [4.69, 9.17) is 28.2 Å². The van der Waals surface area contributed by atoms with Crippen molar-refractivity contribution in [1.82, 2.24) is 19.8 Å². The molecule has 1 saturated heterocycles. The molecule has 1 fully saturated rings. The van der Waals surface area contributed by atoms with E-state index < -0.39 is 0 Å². The van der Waals surface area contributed by atoms with Crippen LogP contribution in [0.5, 0.6) is 0 Å². The Labute approximate surface area is 164 Å². The fourth-order valence-electron chi connectivity index (χ4n) is 3.79. The average molecular weight is 397 g/mol. The van der Waals surface area contributed by atoms with Crippen LogP contribution in [-0.4, -0.2) is 40.1 Å². The molecule has 1 aromatic heterocycles. The Morgan fingerprint density at radius 2 is 2.04 bits per heavy atom. The SMILES string of the molecule is CCC[C@@H](c1nc2cc(Cl)c(Cl)cc2c(=O)n1CC)N1CCN[C@@H](C)C1. The van der Waals surface area contributed by atoms with E-state index in [1.165, 1.54) is 0 Å². The van der Waals surface area contributed by atoms with Gasteiger partial charge in [0.05, 0.1) is 27.0 Å². The van der Waals surface area contributed by atoms with Gasteiger partial charge < -0.3 is 5.32 Å². The van der Waals surface area contributed by atoms with Gasteiger partial charge in [-0.05, 0) is 32.4 Å². The Morgan fingerprint density at radius 3 is 2.69 bits per heavy atom. The Bertz CT molecular complexity index is 852. The molecule has 2 aromatic rings. The van der Waals surface area contributed by atoms with Crippen molar-refractivity contribution in [2.45, 2.75) is 52.2 Å². The molecule has 0 amide bonds. The molecule has 26 heavy (non-hydrogen) atoms. The molecule has 0 bridgehead atoms. The lowest BCUT2D eigenvalue weighted by Crippen LogP contribution is -2.51. The maximum Gasteiger partial charge on any atom is 0.261 e. The molecule has 3 rings (SSSR count). The number of aromatic nitrogens is 2. The first-order valence-electron chi connectivity index (χ1n) is 9.33. The minimum atomic E-state index is -0.0460. The molecule has 7 heteroatoms. The van der Waals surface area contributed by atoms with Crippen molar-refractivity contribution in [1.29, 1.82) is 0 Å². The third-order valence-electron chi connectivity index (χ3n) is 5.04. The fourth-order valence-corrected chi connectivity index (χ4v) is 4.11. The molecule has 1 aliphatic heterocycles. The lowest BCUT2D eigenvalue weighted by atomic mass is 10.1. The van der Waals surface area contributed by atoms with Gasteiger partial charge in [0.2, 0.25) is 0 Å². The van der Waals surface area contributed by atoms with Gasteiger partial charge in [0, 0.05) is 32.2 Å². The number of halogens is 2. The quantitative estimate of drug-likeness (QED) is 0.833. The van der Waals surface area contributed by atoms with Gasteiger partial charge >= 0.3 is 0 Å². The summed E-state index contributed by atoms with van der Waals surface area (Å²) in [6, 6.07) is 3.88. The summed E-state index contributed by atoms with van der Waals surface area (Å²) in [5.41, 5.74) is 0.573. The molecule has 0 saturated carbocycles. The molecule has 5 nitrogen and oxygen atoms in total. The molecule has 2 atom stereocenters. The highest BCUT2D eigenvalue weighted by Crippen LogP contribution is 2.29. The minimum absolute atomic E-state index is 0.0460. The van der Waals surface area contributed by atoms with Crippen molar-refractivity contribution in [3.63, 3.8) is 0 Å². The zero-order valence-corrected chi connectivity index (χ0v) is 17.1. The number of piperazine rings is 1. The second-order valence-electron chi connectivity index (χ2n) is 6.96. The molecular weight excluding hydrogens is 371 g/mol. The first-order valence-corrected chi connectivity index (χ1v) is 10.1. The predicted molar refractivity (Wildman–Crippen MR) is 108 cm³/mol. The first-order chi connectivity index (χ1) is 12.5. The van der Waals surface area contributed by atoms with Gasteiger partial charge in [0.15, 0.2) is 0 Å². The Balaban J connectivity index is 2.16. The normalized spacial score (nSPS) is 19.8. The number of rotatable bonds is 5. The Morgan fingerprint density at radius 1 is 1.31 bits per heavy atom. The molecule has 0 aliphatic carbocycles. The van der Waals surface area contributed by atoms with Crippen molar-refractivity contribution in [3.8, 4) is 0 Å². The maximum atomic E-state index is 13.1. The van der Waals surface area contributed by atoms with E-state index in [0.29, 0.717) is 33.5 Å². The Hall–Kier alpha value is -1.14. The number of benzene rings is 1. The van der Waals surface area contributed by atoms with Crippen molar-refractivity contribution in [2.24, 2.45) is 0 Å². The summed E-state index contributed by atoms with van der Waals surface area (Å²) in [6.45, 7) is 9.78. The lowest BCUT2D eigenvalue weighted by Gasteiger charge is -2.38. The van der Waals surface area contributed by atoms with Gasteiger partial charge in [-0.2, -0.15) is 0 Å².